The molecule has 5 atom stereocenters. The molecule has 2 aliphatic heterocycles. The minimum absolute atomic E-state index is 0.0258. The zero-order valence-electron chi connectivity index (χ0n) is 15.2. The van der Waals surface area contributed by atoms with E-state index in [1.807, 2.05) is 0 Å². The molecule has 3 heteroatoms. The van der Waals surface area contributed by atoms with Gasteiger partial charge in [-0.15, -0.1) is 0 Å². The maximum Gasteiger partial charge on any atom is 0.155 e. The summed E-state index contributed by atoms with van der Waals surface area (Å²) >= 11 is 0. The molecule has 2 heterocycles. The predicted molar refractivity (Wildman–Crippen MR) is 88.6 cm³/mol. The molecule has 0 aromatic rings. The van der Waals surface area contributed by atoms with Crippen LogP contribution >= 0.6 is 0 Å². The van der Waals surface area contributed by atoms with Crippen LogP contribution in [0.25, 0.3) is 0 Å². The summed E-state index contributed by atoms with van der Waals surface area (Å²) in [6.07, 6.45) is 6.75. The Morgan fingerprint density at radius 1 is 1.00 bits per heavy atom. The van der Waals surface area contributed by atoms with Gasteiger partial charge in [-0.05, 0) is 46.0 Å². The minimum Gasteiger partial charge on any atom is -0.359 e. The van der Waals surface area contributed by atoms with Crippen LogP contribution in [-0.4, -0.2) is 34.6 Å². The first-order valence-electron chi connectivity index (χ1n) is 9.09. The highest BCUT2D eigenvalue weighted by Gasteiger charge is 2.58. The quantitative estimate of drug-likeness (QED) is 0.733. The molecule has 0 bridgehead atoms. The van der Waals surface area contributed by atoms with Gasteiger partial charge in [-0.3, -0.25) is 9.69 Å². The van der Waals surface area contributed by atoms with E-state index in [0.717, 1.165) is 6.42 Å². The lowest BCUT2D eigenvalue weighted by atomic mass is 9.77. The van der Waals surface area contributed by atoms with E-state index in [0.29, 0.717) is 23.7 Å². The second kappa shape index (κ2) is 5.31. The number of Topliss-reactive ketones (excluding diaryl/α,β-unsaturated/α-hetero) is 1. The molecular weight excluding hydrogens is 274 g/mol. The van der Waals surface area contributed by atoms with Crippen LogP contribution in [0.5, 0.6) is 0 Å². The van der Waals surface area contributed by atoms with Crippen molar-refractivity contribution < 1.29 is 9.53 Å². The van der Waals surface area contributed by atoms with Crippen LogP contribution in [0.4, 0.5) is 0 Å². The summed E-state index contributed by atoms with van der Waals surface area (Å²) in [4.78, 5) is 15.4. The minimum atomic E-state index is -0.279. The number of likely N-dealkylation sites (tertiary alicyclic amines) is 1. The average Bonchev–Trinajstić information content (AvgIpc) is 2.90. The smallest absolute Gasteiger partial charge is 0.155 e. The van der Waals surface area contributed by atoms with Crippen molar-refractivity contribution in [3.63, 3.8) is 0 Å². The fraction of sp³-hybridized carbons (Fsp3) is 0.947. The molecule has 3 rings (SSSR count). The van der Waals surface area contributed by atoms with Crippen LogP contribution in [0.3, 0.4) is 0 Å². The second-order valence-corrected chi connectivity index (χ2v) is 9.62. The summed E-state index contributed by atoms with van der Waals surface area (Å²) < 4.78 is 6.50. The molecule has 1 aliphatic carbocycles. The molecule has 1 saturated carbocycles. The lowest BCUT2D eigenvalue weighted by Gasteiger charge is -2.41. The Morgan fingerprint density at radius 2 is 1.64 bits per heavy atom. The number of carbonyl (C=O) groups is 1. The van der Waals surface area contributed by atoms with Gasteiger partial charge in [0, 0.05) is 16.9 Å². The summed E-state index contributed by atoms with van der Waals surface area (Å²) in [6.45, 7) is 12.8. The molecule has 0 aromatic heterocycles. The summed E-state index contributed by atoms with van der Waals surface area (Å²) in [5.41, 5.74) is -0.308. The highest BCUT2D eigenvalue weighted by atomic mass is 16.5. The van der Waals surface area contributed by atoms with Crippen molar-refractivity contribution in [1.29, 1.82) is 0 Å². The SMILES string of the molecule is CC(C)(C)C(=O)C1CC2C3CCCCC3OC2N1C(C)(C)C. The largest absolute Gasteiger partial charge is 0.359 e. The summed E-state index contributed by atoms with van der Waals surface area (Å²) in [7, 11) is 0. The lowest BCUT2D eigenvalue weighted by molar-refractivity contribution is -0.143. The maximum absolute atomic E-state index is 13.0. The van der Waals surface area contributed by atoms with E-state index in [2.05, 4.69) is 46.4 Å². The first kappa shape index (κ1) is 16.4. The van der Waals surface area contributed by atoms with E-state index in [9.17, 15) is 4.79 Å². The Morgan fingerprint density at radius 3 is 2.23 bits per heavy atom. The van der Waals surface area contributed by atoms with E-state index in [-0.39, 0.29) is 23.2 Å². The van der Waals surface area contributed by atoms with Gasteiger partial charge < -0.3 is 4.74 Å². The first-order chi connectivity index (χ1) is 10.1. The van der Waals surface area contributed by atoms with E-state index in [1.165, 1.54) is 25.7 Å². The van der Waals surface area contributed by atoms with Crippen molar-refractivity contribution in [3.05, 3.63) is 0 Å². The third-order valence-electron chi connectivity index (χ3n) is 5.91. The average molecular weight is 307 g/mol. The van der Waals surface area contributed by atoms with Crippen LogP contribution in [-0.2, 0) is 9.53 Å². The van der Waals surface area contributed by atoms with Gasteiger partial charge in [0.25, 0.3) is 0 Å². The molecule has 0 aromatic carbocycles. The van der Waals surface area contributed by atoms with Gasteiger partial charge in [0.1, 0.15) is 6.23 Å². The van der Waals surface area contributed by atoms with Gasteiger partial charge >= 0.3 is 0 Å². The summed E-state index contributed by atoms with van der Waals surface area (Å²) in [6, 6.07) is 0.0258. The van der Waals surface area contributed by atoms with Crippen molar-refractivity contribution in [3.8, 4) is 0 Å². The molecule has 0 radical (unpaired) electrons. The van der Waals surface area contributed by atoms with Gasteiger partial charge in [-0.2, -0.15) is 0 Å². The predicted octanol–water partition coefficient (Wildman–Crippen LogP) is 4.01. The lowest BCUT2D eigenvalue weighted by Crippen LogP contribution is -2.54. The third kappa shape index (κ3) is 2.65. The Balaban J connectivity index is 1.89. The Hall–Kier alpha value is -0.410. The molecule has 0 amide bonds. The number of hydrogen-bond donors (Lipinski definition) is 0. The van der Waals surface area contributed by atoms with Crippen LogP contribution in [0.2, 0.25) is 0 Å². The Labute approximate surface area is 135 Å². The number of ketones is 1. The zero-order valence-corrected chi connectivity index (χ0v) is 15.2. The van der Waals surface area contributed by atoms with Crippen LogP contribution < -0.4 is 0 Å². The topological polar surface area (TPSA) is 29.5 Å². The summed E-state index contributed by atoms with van der Waals surface area (Å²) in [5.74, 6) is 1.62. The molecule has 22 heavy (non-hydrogen) atoms. The maximum atomic E-state index is 13.0. The molecule has 0 N–H and O–H groups in total. The number of hydrogen-bond acceptors (Lipinski definition) is 3. The fourth-order valence-corrected chi connectivity index (χ4v) is 4.97. The number of fused-ring (bicyclic) bond motifs is 3. The summed E-state index contributed by atoms with van der Waals surface area (Å²) in [5, 5.41) is 0. The monoisotopic (exact) mass is 307 g/mol. The highest BCUT2D eigenvalue weighted by Crippen LogP contribution is 2.51. The van der Waals surface area contributed by atoms with Crippen molar-refractivity contribution in [2.75, 3.05) is 0 Å². The van der Waals surface area contributed by atoms with E-state index in [4.69, 9.17) is 4.74 Å². The standard InChI is InChI=1S/C19H33NO2/c1-18(2,3)16(21)14-11-13-12-9-7-8-10-15(12)22-17(13)20(14)19(4,5)6/h12-15,17H,7-11H2,1-6H3. The van der Waals surface area contributed by atoms with Crippen LogP contribution in [0, 0.1) is 17.3 Å². The third-order valence-corrected chi connectivity index (χ3v) is 5.91. The van der Waals surface area contributed by atoms with Crippen molar-refractivity contribution >= 4 is 5.78 Å². The molecule has 3 nitrogen and oxygen atoms in total. The van der Waals surface area contributed by atoms with Crippen molar-refractivity contribution in [2.24, 2.45) is 17.3 Å². The molecule has 2 saturated heterocycles. The van der Waals surface area contributed by atoms with Gasteiger partial charge in [-0.25, -0.2) is 0 Å². The number of rotatable bonds is 1. The van der Waals surface area contributed by atoms with Crippen LogP contribution in [0.1, 0.15) is 73.6 Å². The second-order valence-electron chi connectivity index (χ2n) is 9.62. The van der Waals surface area contributed by atoms with E-state index >= 15 is 0 Å². The number of nitrogens with zero attached hydrogens (tertiary/aromatic N) is 1. The van der Waals surface area contributed by atoms with Crippen LogP contribution in [0.15, 0.2) is 0 Å². The first-order valence-corrected chi connectivity index (χ1v) is 9.09. The van der Waals surface area contributed by atoms with E-state index < -0.39 is 0 Å². The van der Waals surface area contributed by atoms with Crippen molar-refractivity contribution in [1.82, 2.24) is 4.90 Å². The van der Waals surface area contributed by atoms with Gasteiger partial charge in [0.15, 0.2) is 5.78 Å². The van der Waals surface area contributed by atoms with Gasteiger partial charge in [-0.1, -0.05) is 33.6 Å². The molecule has 3 fully saturated rings. The van der Waals surface area contributed by atoms with Gasteiger partial charge in [0.2, 0.25) is 0 Å². The van der Waals surface area contributed by atoms with Gasteiger partial charge in [0.05, 0.1) is 12.1 Å². The molecule has 3 aliphatic rings. The number of ether oxygens (including phenoxy) is 1. The number of carbonyl (C=O) groups excluding carboxylic acids is 1. The van der Waals surface area contributed by atoms with E-state index in [1.54, 1.807) is 0 Å². The Bertz CT molecular complexity index is 445. The highest BCUT2D eigenvalue weighted by molar-refractivity contribution is 5.89. The zero-order chi connectivity index (χ0) is 16.3. The normalized spacial score (nSPS) is 39.6. The fourth-order valence-electron chi connectivity index (χ4n) is 4.97. The van der Waals surface area contributed by atoms with Crippen molar-refractivity contribution in [2.45, 2.75) is 97.6 Å². The molecule has 5 unspecified atom stereocenters. The Kier molecular flexibility index (Phi) is 3.97. The molecule has 0 spiro atoms. The molecule has 126 valence electrons. The molecular formula is C19H33NO2.